The largest absolute Gasteiger partial charge is 0.385 e. The Morgan fingerprint density at radius 1 is 1.60 bits per heavy atom. The molecule has 10 heavy (non-hydrogen) atoms. The van der Waals surface area contributed by atoms with Crippen LogP contribution in [0.2, 0.25) is 0 Å². The number of rotatable bonds is 0. The van der Waals surface area contributed by atoms with E-state index >= 15 is 0 Å². The first-order valence-electron chi connectivity index (χ1n) is 3.68. The summed E-state index contributed by atoms with van der Waals surface area (Å²) in [6.45, 7) is 5.81. The summed E-state index contributed by atoms with van der Waals surface area (Å²) in [5.41, 5.74) is -0.306. The Hall–Kier alpha value is -0.370. The van der Waals surface area contributed by atoms with E-state index in [1.54, 1.807) is 0 Å². The van der Waals surface area contributed by atoms with E-state index in [0.717, 1.165) is 0 Å². The summed E-state index contributed by atoms with van der Waals surface area (Å²) < 4.78 is 0. The molecule has 0 radical (unpaired) electrons. The highest BCUT2D eigenvalue weighted by atomic mass is 16.3. The van der Waals surface area contributed by atoms with Crippen LogP contribution in [0.4, 0.5) is 0 Å². The van der Waals surface area contributed by atoms with Gasteiger partial charge in [-0.25, -0.2) is 0 Å². The first kappa shape index (κ1) is 7.73. The Labute approximate surface area is 61.2 Å². The molecule has 1 aliphatic carbocycles. The Balaban J connectivity index is 2.85. The van der Waals surface area contributed by atoms with E-state index in [1.807, 2.05) is 20.8 Å². The highest BCUT2D eigenvalue weighted by Gasteiger charge is 2.44. The molecular weight excluding hydrogens is 128 g/mol. The third-order valence-electron chi connectivity index (χ3n) is 2.75. The molecule has 0 aromatic carbocycles. The van der Waals surface area contributed by atoms with Crippen LogP contribution >= 0.6 is 0 Å². The molecular formula is C8H14O2. The van der Waals surface area contributed by atoms with Crippen LogP contribution < -0.4 is 0 Å². The van der Waals surface area contributed by atoms with Gasteiger partial charge in [-0.1, -0.05) is 20.8 Å². The molecule has 1 aliphatic rings. The second kappa shape index (κ2) is 2.06. The number of Topliss-reactive ketones (excluding diaryl/α,β-unsaturated/α-hetero) is 1. The summed E-state index contributed by atoms with van der Waals surface area (Å²) >= 11 is 0. The minimum absolute atomic E-state index is 0.000000000000000444. The van der Waals surface area contributed by atoms with E-state index in [4.69, 9.17) is 5.11 Å². The quantitative estimate of drug-likeness (QED) is 0.547. The van der Waals surface area contributed by atoms with Crippen molar-refractivity contribution in [2.75, 3.05) is 0 Å². The second-order valence-corrected chi connectivity index (χ2v) is 3.74. The van der Waals surface area contributed by atoms with Gasteiger partial charge < -0.3 is 5.11 Å². The fourth-order valence-electron chi connectivity index (χ4n) is 1.41. The van der Waals surface area contributed by atoms with Crippen LogP contribution in [0.3, 0.4) is 0 Å². The van der Waals surface area contributed by atoms with Crippen molar-refractivity contribution in [3.8, 4) is 0 Å². The van der Waals surface area contributed by atoms with Crippen molar-refractivity contribution >= 4 is 5.78 Å². The predicted octanol–water partition coefficient (Wildman–Crippen LogP) is 0.982. The monoisotopic (exact) mass is 142 g/mol. The molecule has 0 amide bonds. The molecule has 1 rings (SSSR count). The van der Waals surface area contributed by atoms with Crippen LogP contribution in [0.15, 0.2) is 0 Å². The van der Waals surface area contributed by atoms with Crippen LogP contribution in [0.25, 0.3) is 0 Å². The Morgan fingerprint density at radius 2 is 2.10 bits per heavy atom. The number of aliphatic hydroxyl groups is 1. The standard InChI is InChI=1S/C8H14O2/c1-5-4-6(9)7(10)8(5,2)3/h5-6,9H,4H2,1-3H3/t5?,6-/m1/s1. The molecule has 0 aromatic rings. The summed E-state index contributed by atoms with van der Waals surface area (Å²) in [5.74, 6) is 0.315. The maximum atomic E-state index is 11.2. The lowest BCUT2D eigenvalue weighted by molar-refractivity contribution is -0.131. The van der Waals surface area contributed by atoms with Gasteiger partial charge in [-0.3, -0.25) is 4.79 Å². The third-order valence-corrected chi connectivity index (χ3v) is 2.75. The van der Waals surface area contributed by atoms with Crippen LogP contribution in [0.1, 0.15) is 27.2 Å². The molecule has 2 heteroatoms. The Kier molecular flexibility index (Phi) is 1.59. The summed E-state index contributed by atoms with van der Waals surface area (Å²) in [4.78, 5) is 11.2. The lowest BCUT2D eigenvalue weighted by Gasteiger charge is -2.20. The van der Waals surface area contributed by atoms with Crippen molar-refractivity contribution in [1.29, 1.82) is 0 Å². The maximum absolute atomic E-state index is 11.2. The van der Waals surface area contributed by atoms with E-state index in [-0.39, 0.29) is 11.2 Å². The molecule has 58 valence electrons. The van der Waals surface area contributed by atoms with Gasteiger partial charge >= 0.3 is 0 Å². The van der Waals surface area contributed by atoms with Gasteiger partial charge in [-0.05, 0) is 12.3 Å². The normalized spacial score (nSPS) is 38.6. The first-order chi connectivity index (χ1) is 4.46. The zero-order valence-electron chi connectivity index (χ0n) is 6.72. The average molecular weight is 142 g/mol. The summed E-state index contributed by atoms with van der Waals surface area (Å²) in [6, 6.07) is 0. The zero-order chi connectivity index (χ0) is 7.94. The molecule has 0 aromatic heterocycles. The van der Waals surface area contributed by atoms with Gasteiger partial charge in [0.05, 0.1) is 0 Å². The van der Waals surface area contributed by atoms with Crippen molar-refractivity contribution < 1.29 is 9.90 Å². The summed E-state index contributed by atoms with van der Waals surface area (Å²) in [7, 11) is 0. The van der Waals surface area contributed by atoms with Gasteiger partial charge in [0.15, 0.2) is 5.78 Å². The number of hydrogen-bond donors (Lipinski definition) is 1. The minimum atomic E-state index is -0.704. The predicted molar refractivity (Wildman–Crippen MR) is 38.6 cm³/mol. The number of hydrogen-bond acceptors (Lipinski definition) is 2. The molecule has 1 unspecified atom stereocenters. The van der Waals surface area contributed by atoms with Gasteiger partial charge in [-0.15, -0.1) is 0 Å². The molecule has 0 heterocycles. The van der Waals surface area contributed by atoms with Crippen molar-refractivity contribution in [1.82, 2.24) is 0 Å². The van der Waals surface area contributed by atoms with Crippen LogP contribution in [-0.2, 0) is 4.79 Å². The SMILES string of the molecule is CC1C[C@@H](O)C(=O)C1(C)C. The fraction of sp³-hybridized carbons (Fsp3) is 0.875. The zero-order valence-corrected chi connectivity index (χ0v) is 6.72. The third kappa shape index (κ3) is 0.870. The van der Waals surface area contributed by atoms with E-state index < -0.39 is 6.10 Å². The van der Waals surface area contributed by atoms with Crippen LogP contribution in [-0.4, -0.2) is 17.0 Å². The minimum Gasteiger partial charge on any atom is -0.385 e. The molecule has 0 saturated heterocycles. The Morgan fingerprint density at radius 3 is 2.20 bits per heavy atom. The van der Waals surface area contributed by atoms with E-state index in [0.29, 0.717) is 12.3 Å². The molecule has 2 nitrogen and oxygen atoms in total. The molecule has 0 spiro atoms. The molecule has 0 aliphatic heterocycles. The van der Waals surface area contributed by atoms with Crippen molar-refractivity contribution in [2.24, 2.45) is 11.3 Å². The number of carbonyl (C=O) groups excluding carboxylic acids is 1. The van der Waals surface area contributed by atoms with E-state index in [2.05, 4.69) is 0 Å². The van der Waals surface area contributed by atoms with Gasteiger partial charge in [0.25, 0.3) is 0 Å². The van der Waals surface area contributed by atoms with Gasteiger partial charge in [0.1, 0.15) is 6.10 Å². The van der Waals surface area contributed by atoms with Gasteiger partial charge in [0.2, 0.25) is 0 Å². The summed E-state index contributed by atoms with van der Waals surface area (Å²) in [5, 5.41) is 9.15. The molecule has 1 fully saturated rings. The number of carbonyl (C=O) groups is 1. The molecule has 0 bridgehead atoms. The maximum Gasteiger partial charge on any atom is 0.167 e. The van der Waals surface area contributed by atoms with Crippen molar-refractivity contribution in [3.05, 3.63) is 0 Å². The first-order valence-corrected chi connectivity index (χ1v) is 3.68. The molecule has 1 N–H and O–H groups in total. The second-order valence-electron chi connectivity index (χ2n) is 3.74. The topological polar surface area (TPSA) is 37.3 Å². The number of aliphatic hydroxyl groups excluding tert-OH is 1. The van der Waals surface area contributed by atoms with E-state index in [9.17, 15) is 4.79 Å². The lowest BCUT2D eigenvalue weighted by atomic mass is 9.82. The van der Waals surface area contributed by atoms with Gasteiger partial charge in [0, 0.05) is 5.41 Å². The number of ketones is 1. The van der Waals surface area contributed by atoms with E-state index in [1.165, 1.54) is 0 Å². The van der Waals surface area contributed by atoms with Crippen LogP contribution in [0, 0.1) is 11.3 Å². The lowest BCUT2D eigenvalue weighted by Crippen LogP contribution is -2.27. The molecule has 1 saturated carbocycles. The van der Waals surface area contributed by atoms with Crippen LogP contribution in [0.5, 0.6) is 0 Å². The summed E-state index contributed by atoms with van der Waals surface area (Å²) in [6.07, 6.45) is -0.0729. The van der Waals surface area contributed by atoms with Gasteiger partial charge in [-0.2, -0.15) is 0 Å². The highest BCUT2D eigenvalue weighted by molar-refractivity contribution is 5.90. The van der Waals surface area contributed by atoms with Crippen molar-refractivity contribution in [3.63, 3.8) is 0 Å². The molecule has 2 atom stereocenters. The Bertz CT molecular complexity index is 161. The fourth-order valence-corrected chi connectivity index (χ4v) is 1.41. The van der Waals surface area contributed by atoms with Crippen molar-refractivity contribution in [2.45, 2.75) is 33.3 Å². The smallest absolute Gasteiger partial charge is 0.167 e. The highest BCUT2D eigenvalue weighted by Crippen LogP contribution is 2.39. The average Bonchev–Trinajstić information content (AvgIpc) is 1.97.